The maximum Gasteiger partial charge on any atom is 0.262 e. The van der Waals surface area contributed by atoms with Crippen LogP contribution in [0.1, 0.15) is 39.3 Å². The number of amides is 2. The van der Waals surface area contributed by atoms with Crippen molar-refractivity contribution in [1.29, 1.82) is 0 Å². The number of para-hydroxylation sites is 1. The van der Waals surface area contributed by atoms with Gasteiger partial charge in [0.25, 0.3) is 5.91 Å². The van der Waals surface area contributed by atoms with E-state index < -0.39 is 6.04 Å². The van der Waals surface area contributed by atoms with Gasteiger partial charge in [-0.1, -0.05) is 48.5 Å². The Morgan fingerprint density at radius 3 is 2.55 bits per heavy atom. The Balaban J connectivity index is 1.57. The maximum atomic E-state index is 13.3. The highest BCUT2D eigenvalue weighted by molar-refractivity contribution is 7.12. The molecule has 5 nitrogen and oxygen atoms in total. The van der Waals surface area contributed by atoms with Crippen LogP contribution in [0.4, 0.5) is 0 Å². The van der Waals surface area contributed by atoms with Gasteiger partial charge in [-0.25, -0.2) is 0 Å². The fraction of sp³-hybridized carbons (Fsp3) is 0.200. The summed E-state index contributed by atoms with van der Waals surface area (Å²) in [5.41, 5.74) is 4.18. The molecular formula is C25H25N3O2S. The average molecular weight is 432 g/mol. The van der Waals surface area contributed by atoms with Crippen LogP contribution < -0.4 is 10.6 Å². The zero-order chi connectivity index (χ0) is 21.8. The molecule has 0 bridgehead atoms. The molecule has 3 N–H and O–H groups in total. The van der Waals surface area contributed by atoms with E-state index in [1.165, 1.54) is 11.3 Å². The van der Waals surface area contributed by atoms with E-state index in [1.807, 2.05) is 80.0 Å². The van der Waals surface area contributed by atoms with Gasteiger partial charge in [-0.2, -0.15) is 0 Å². The van der Waals surface area contributed by atoms with Gasteiger partial charge in [0.05, 0.1) is 10.9 Å². The molecule has 4 aromatic rings. The third-order valence-electron chi connectivity index (χ3n) is 5.48. The Labute approximate surface area is 185 Å². The monoisotopic (exact) mass is 431 g/mol. The standard InChI is InChI=1S/C25H25N3O2S/c1-16-8-3-4-9-19(16)17(2)27-24(29)22(28-25(30)23-12-7-13-31-23)14-18-15-26-21-11-6-5-10-20(18)21/h3-13,15,17,22,26H,14H2,1-2H3,(H,27,29)(H,28,30)/t17?,22-/m1/s1. The second-order valence-corrected chi connectivity index (χ2v) is 8.60. The Morgan fingerprint density at radius 2 is 1.77 bits per heavy atom. The number of nitrogens with one attached hydrogen (secondary N) is 3. The predicted octanol–water partition coefficient (Wildman–Crippen LogP) is 4.76. The molecule has 158 valence electrons. The first-order valence-corrected chi connectivity index (χ1v) is 11.2. The van der Waals surface area contributed by atoms with Gasteiger partial charge >= 0.3 is 0 Å². The van der Waals surface area contributed by atoms with E-state index in [0.717, 1.165) is 27.6 Å². The van der Waals surface area contributed by atoms with Crippen molar-refractivity contribution in [1.82, 2.24) is 15.6 Å². The largest absolute Gasteiger partial charge is 0.361 e. The molecule has 2 aromatic carbocycles. The normalized spacial score (nSPS) is 13.0. The summed E-state index contributed by atoms with van der Waals surface area (Å²) < 4.78 is 0. The number of hydrogen-bond donors (Lipinski definition) is 3. The molecule has 1 unspecified atom stereocenters. The van der Waals surface area contributed by atoms with Crippen molar-refractivity contribution in [3.8, 4) is 0 Å². The Hall–Kier alpha value is -3.38. The van der Waals surface area contributed by atoms with Crippen LogP contribution in [-0.2, 0) is 11.2 Å². The second kappa shape index (κ2) is 9.18. The van der Waals surface area contributed by atoms with Gasteiger partial charge in [-0.15, -0.1) is 11.3 Å². The first-order valence-electron chi connectivity index (χ1n) is 10.3. The van der Waals surface area contributed by atoms with E-state index >= 15 is 0 Å². The number of thiophene rings is 1. The molecule has 2 heterocycles. The quantitative estimate of drug-likeness (QED) is 0.395. The lowest BCUT2D eigenvalue weighted by Crippen LogP contribution is -2.48. The lowest BCUT2D eigenvalue weighted by molar-refractivity contribution is -0.123. The van der Waals surface area contributed by atoms with Crippen LogP contribution in [0, 0.1) is 6.92 Å². The fourth-order valence-corrected chi connectivity index (χ4v) is 4.46. The fourth-order valence-electron chi connectivity index (χ4n) is 3.83. The Morgan fingerprint density at radius 1 is 1.00 bits per heavy atom. The molecular weight excluding hydrogens is 406 g/mol. The Bertz CT molecular complexity index is 1200. The van der Waals surface area contributed by atoms with E-state index in [0.29, 0.717) is 11.3 Å². The molecule has 0 aliphatic rings. The summed E-state index contributed by atoms with van der Waals surface area (Å²) in [6.07, 6.45) is 2.31. The molecule has 6 heteroatoms. The second-order valence-electron chi connectivity index (χ2n) is 7.65. The minimum absolute atomic E-state index is 0.169. The van der Waals surface area contributed by atoms with Crippen LogP contribution >= 0.6 is 11.3 Å². The zero-order valence-electron chi connectivity index (χ0n) is 17.5. The van der Waals surface area contributed by atoms with Crippen molar-refractivity contribution in [2.75, 3.05) is 0 Å². The number of aromatic amines is 1. The summed E-state index contributed by atoms with van der Waals surface area (Å²) in [4.78, 5) is 29.8. The minimum Gasteiger partial charge on any atom is -0.361 e. The van der Waals surface area contributed by atoms with Gasteiger partial charge in [-0.3, -0.25) is 9.59 Å². The first kappa shape index (κ1) is 20.9. The third kappa shape index (κ3) is 4.70. The van der Waals surface area contributed by atoms with Gasteiger partial charge in [-0.05, 0) is 48.1 Å². The minimum atomic E-state index is -0.694. The van der Waals surface area contributed by atoms with E-state index in [-0.39, 0.29) is 17.9 Å². The maximum absolute atomic E-state index is 13.3. The summed E-state index contributed by atoms with van der Waals surface area (Å²) in [6, 6.07) is 18.7. The van der Waals surface area contributed by atoms with Crippen molar-refractivity contribution < 1.29 is 9.59 Å². The van der Waals surface area contributed by atoms with E-state index in [1.54, 1.807) is 6.07 Å². The summed E-state index contributed by atoms with van der Waals surface area (Å²) in [6.45, 7) is 3.99. The van der Waals surface area contributed by atoms with E-state index in [9.17, 15) is 9.59 Å². The van der Waals surface area contributed by atoms with Crippen LogP contribution in [0.3, 0.4) is 0 Å². The number of hydrogen-bond acceptors (Lipinski definition) is 3. The topological polar surface area (TPSA) is 74.0 Å². The van der Waals surface area contributed by atoms with Crippen molar-refractivity contribution >= 4 is 34.1 Å². The molecule has 31 heavy (non-hydrogen) atoms. The number of carbonyl (C=O) groups excluding carboxylic acids is 2. The molecule has 0 spiro atoms. The number of benzene rings is 2. The lowest BCUT2D eigenvalue weighted by Gasteiger charge is -2.22. The summed E-state index contributed by atoms with van der Waals surface area (Å²) in [7, 11) is 0. The van der Waals surface area contributed by atoms with Crippen LogP contribution in [-0.4, -0.2) is 22.8 Å². The van der Waals surface area contributed by atoms with Gasteiger partial charge in [0.15, 0.2) is 0 Å². The molecule has 0 aliphatic carbocycles. The highest BCUT2D eigenvalue weighted by atomic mass is 32.1. The van der Waals surface area contributed by atoms with Gasteiger partial charge in [0, 0.05) is 23.5 Å². The van der Waals surface area contributed by atoms with Crippen molar-refractivity contribution in [2.45, 2.75) is 32.4 Å². The summed E-state index contributed by atoms with van der Waals surface area (Å²) >= 11 is 1.36. The van der Waals surface area contributed by atoms with Crippen LogP contribution in [0.5, 0.6) is 0 Å². The van der Waals surface area contributed by atoms with Crippen LogP contribution in [0.2, 0.25) is 0 Å². The van der Waals surface area contributed by atoms with E-state index in [2.05, 4.69) is 15.6 Å². The molecule has 0 fully saturated rings. The predicted molar refractivity (Wildman–Crippen MR) is 125 cm³/mol. The number of aryl methyl sites for hydroxylation is 1. The number of fused-ring (bicyclic) bond motifs is 1. The van der Waals surface area contributed by atoms with Gasteiger partial charge < -0.3 is 15.6 Å². The van der Waals surface area contributed by atoms with Gasteiger partial charge in [0.1, 0.15) is 6.04 Å². The number of H-pyrrole nitrogens is 1. The number of rotatable bonds is 7. The summed E-state index contributed by atoms with van der Waals surface area (Å²) in [5, 5.41) is 8.93. The number of carbonyl (C=O) groups is 2. The number of aromatic nitrogens is 1. The molecule has 2 atom stereocenters. The molecule has 4 rings (SSSR count). The van der Waals surface area contributed by atoms with Crippen LogP contribution in [0.25, 0.3) is 10.9 Å². The van der Waals surface area contributed by atoms with Crippen molar-refractivity contribution in [2.24, 2.45) is 0 Å². The summed E-state index contributed by atoms with van der Waals surface area (Å²) in [5.74, 6) is -0.440. The van der Waals surface area contributed by atoms with Crippen molar-refractivity contribution in [3.63, 3.8) is 0 Å². The highest BCUT2D eigenvalue weighted by Gasteiger charge is 2.25. The molecule has 0 saturated heterocycles. The molecule has 0 aliphatic heterocycles. The highest BCUT2D eigenvalue weighted by Crippen LogP contribution is 2.21. The Kier molecular flexibility index (Phi) is 6.18. The zero-order valence-corrected chi connectivity index (χ0v) is 18.3. The smallest absolute Gasteiger partial charge is 0.262 e. The molecule has 2 aromatic heterocycles. The molecule has 2 amide bonds. The average Bonchev–Trinajstić information content (AvgIpc) is 3.44. The molecule has 0 radical (unpaired) electrons. The van der Waals surface area contributed by atoms with Crippen molar-refractivity contribution in [3.05, 3.63) is 93.8 Å². The first-order chi connectivity index (χ1) is 15.0. The lowest BCUT2D eigenvalue weighted by atomic mass is 10.0. The third-order valence-corrected chi connectivity index (χ3v) is 6.35. The van der Waals surface area contributed by atoms with E-state index in [4.69, 9.17) is 0 Å². The van der Waals surface area contributed by atoms with Crippen LogP contribution in [0.15, 0.2) is 72.2 Å². The molecule has 0 saturated carbocycles. The SMILES string of the molecule is Cc1ccccc1C(C)NC(=O)[C@@H](Cc1c[nH]c2ccccc12)NC(=O)c1cccs1. The van der Waals surface area contributed by atoms with Gasteiger partial charge in [0.2, 0.25) is 5.91 Å².